The van der Waals surface area contributed by atoms with Gasteiger partial charge in [0.05, 0.1) is 10.6 Å². The van der Waals surface area contributed by atoms with Crippen LogP contribution in [0.1, 0.15) is 20.7 Å². The van der Waals surface area contributed by atoms with E-state index in [2.05, 4.69) is 4.72 Å². The summed E-state index contributed by atoms with van der Waals surface area (Å²) in [5.74, 6) is -4.12. The Balaban J connectivity index is 2.39. The molecule has 0 aromatic heterocycles. The molecular formula is C14H11NO8S. The minimum atomic E-state index is -4.22. The van der Waals surface area contributed by atoms with Crippen LogP contribution >= 0.6 is 0 Å². The number of rotatable bonds is 5. The molecule has 0 spiro atoms. The maximum atomic E-state index is 12.2. The molecule has 0 fully saturated rings. The van der Waals surface area contributed by atoms with Crippen LogP contribution in [-0.2, 0) is 10.0 Å². The van der Waals surface area contributed by atoms with Crippen molar-refractivity contribution in [1.29, 1.82) is 0 Å². The van der Waals surface area contributed by atoms with Gasteiger partial charge in [0.2, 0.25) is 0 Å². The molecule has 0 bridgehead atoms. The number of benzene rings is 2. The maximum absolute atomic E-state index is 12.2. The Labute approximate surface area is 135 Å². The molecule has 2 aromatic rings. The quantitative estimate of drug-likeness (QED) is 0.537. The average molecular weight is 353 g/mol. The number of nitrogens with one attached hydrogen (secondary N) is 1. The monoisotopic (exact) mass is 353 g/mol. The molecule has 0 radical (unpaired) electrons. The van der Waals surface area contributed by atoms with Crippen molar-refractivity contribution in [3.05, 3.63) is 47.5 Å². The molecule has 0 atom stereocenters. The Morgan fingerprint density at radius 2 is 1.46 bits per heavy atom. The van der Waals surface area contributed by atoms with Gasteiger partial charge in [-0.3, -0.25) is 4.72 Å². The van der Waals surface area contributed by atoms with Crippen molar-refractivity contribution >= 4 is 27.6 Å². The molecule has 5 N–H and O–H groups in total. The summed E-state index contributed by atoms with van der Waals surface area (Å²) in [7, 11) is -4.22. The molecule has 126 valence electrons. The first kappa shape index (κ1) is 17.1. The van der Waals surface area contributed by atoms with Gasteiger partial charge in [-0.2, -0.15) is 0 Å². The highest BCUT2D eigenvalue weighted by atomic mass is 32.2. The van der Waals surface area contributed by atoms with Gasteiger partial charge in [0.1, 0.15) is 22.6 Å². The Kier molecular flexibility index (Phi) is 4.33. The number of carbonyl (C=O) groups is 2. The largest absolute Gasteiger partial charge is 0.507 e. The highest BCUT2D eigenvalue weighted by Crippen LogP contribution is 2.26. The zero-order valence-corrected chi connectivity index (χ0v) is 12.6. The van der Waals surface area contributed by atoms with Crippen molar-refractivity contribution in [3.8, 4) is 11.5 Å². The minimum Gasteiger partial charge on any atom is -0.507 e. The first-order valence-corrected chi connectivity index (χ1v) is 7.75. The molecule has 0 aliphatic heterocycles. The van der Waals surface area contributed by atoms with Crippen molar-refractivity contribution in [2.24, 2.45) is 0 Å². The SMILES string of the molecule is O=C(O)c1ccc(NS(=O)(=O)c2ccc(O)c(C(=O)O)c2)cc1O. The normalized spacial score (nSPS) is 11.0. The van der Waals surface area contributed by atoms with E-state index in [1.165, 1.54) is 0 Å². The minimum absolute atomic E-state index is 0.123. The fourth-order valence-corrected chi connectivity index (χ4v) is 2.92. The Bertz CT molecular complexity index is 936. The predicted octanol–water partition coefficient (Wildman–Crippen LogP) is 1.29. The number of anilines is 1. The van der Waals surface area contributed by atoms with E-state index in [4.69, 9.17) is 10.2 Å². The van der Waals surface area contributed by atoms with E-state index >= 15 is 0 Å². The molecule has 0 amide bonds. The van der Waals surface area contributed by atoms with Crippen LogP contribution in [0, 0.1) is 0 Å². The van der Waals surface area contributed by atoms with Crippen LogP contribution in [-0.4, -0.2) is 40.8 Å². The smallest absolute Gasteiger partial charge is 0.339 e. The molecule has 9 nitrogen and oxygen atoms in total. The van der Waals surface area contributed by atoms with Crippen molar-refractivity contribution < 1.29 is 38.4 Å². The fraction of sp³-hybridized carbons (Fsp3) is 0. The van der Waals surface area contributed by atoms with Gasteiger partial charge < -0.3 is 20.4 Å². The topological polar surface area (TPSA) is 161 Å². The van der Waals surface area contributed by atoms with Crippen LogP contribution in [0.4, 0.5) is 5.69 Å². The second-order valence-electron chi connectivity index (χ2n) is 4.63. The molecule has 24 heavy (non-hydrogen) atoms. The lowest BCUT2D eigenvalue weighted by Gasteiger charge is -2.10. The highest BCUT2D eigenvalue weighted by molar-refractivity contribution is 7.92. The zero-order valence-electron chi connectivity index (χ0n) is 11.8. The lowest BCUT2D eigenvalue weighted by atomic mass is 10.2. The predicted molar refractivity (Wildman–Crippen MR) is 80.9 cm³/mol. The van der Waals surface area contributed by atoms with E-state index in [1.807, 2.05) is 0 Å². The lowest BCUT2D eigenvalue weighted by Crippen LogP contribution is -2.14. The summed E-state index contributed by atoms with van der Waals surface area (Å²) in [6.45, 7) is 0. The molecule has 0 saturated heterocycles. The third-order valence-corrected chi connectivity index (χ3v) is 4.37. The number of aromatic carboxylic acids is 2. The molecule has 0 aliphatic rings. The lowest BCUT2D eigenvalue weighted by molar-refractivity contribution is 0.0682. The number of carboxylic acids is 2. The standard InChI is InChI=1S/C14H11NO8S/c16-11-4-2-8(6-10(11)14(20)21)24(22,23)15-7-1-3-9(13(18)19)12(17)5-7/h1-6,15-17H,(H,18,19)(H,20,21). The number of hydrogen-bond acceptors (Lipinski definition) is 6. The fourth-order valence-electron chi connectivity index (χ4n) is 1.84. The highest BCUT2D eigenvalue weighted by Gasteiger charge is 2.20. The van der Waals surface area contributed by atoms with Crippen molar-refractivity contribution in [1.82, 2.24) is 0 Å². The summed E-state index contributed by atoms with van der Waals surface area (Å²) in [6.07, 6.45) is 0. The summed E-state index contributed by atoms with van der Waals surface area (Å²) in [4.78, 5) is 21.3. The summed E-state index contributed by atoms with van der Waals surface area (Å²) >= 11 is 0. The average Bonchev–Trinajstić information content (AvgIpc) is 2.46. The summed E-state index contributed by atoms with van der Waals surface area (Å²) in [5.41, 5.74) is -1.12. The Morgan fingerprint density at radius 1 is 0.833 bits per heavy atom. The van der Waals surface area contributed by atoms with Crippen LogP contribution in [0.2, 0.25) is 0 Å². The molecule has 0 aliphatic carbocycles. The van der Waals surface area contributed by atoms with E-state index in [-0.39, 0.29) is 5.69 Å². The van der Waals surface area contributed by atoms with Gasteiger partial charge in [0.25, 0.3) is 10.0 Å². The van der Waals surface area contributed by atoms with E-state index in [0.717, 1.165) is 36.4 Å². The number of aromatic hydroxyl groups is 2. The molecule has 0 heterocycles. The zero-order chi connectivity index (χ0) is 18.1. The number of carboxylic acid groups (broad SMARTS) is 2. The third-order valence-electron chi connectivity index (χ3n) is 2.99. The molecular weight excluding hydrogens is 342 g/mol. The summed E-state index contributed by atoms with van der Waals surface area (Å²) in [5, 5.41) is 36.6. The van der Waals surface area contributed by atoms with Gasteiger partial charge in [0, 0.05) is 6.07 Å². The summed E-state index contributed by atoms with van der Waals surface area (Å²) in [6, 6.07) is 5.72. The first-order chi connectivity index (χ1) is 11.1. The van der Waals surface area contributed by atoms with E-state index in [1.54, 1.807) is 0 Å². The Morgan fingerprint density at radius 3 is 2.00 bits per heavy atom. The van der Waals surface area contributed by atoms with E-state index < -0.39 is 49.5 Å². The van der Waals surface area contributed by atoms with Crippen LogP contribution in [0.3, 0.4) is 0 Å². The van der Waals surface area contributed by atoms with E-state index in [9.17, 15) is 28.2 Å². The molecule has 0 saturated carbocycles. The number of hydrogen-bond donors (Lipinski definition) is 5. The molecule has 10 heteroatoms. The van der Waals surface area contributed by atoms with Crippen molar-refractivity contribution in [2.45, 2.75) is 4.90 Å². The maximum Gasteiger partial charge on any atom is 0.339 e. The molecule has 2 aromatic carbocycles. The van der Waals surface area contributed by atoms with Crippen LogP contribution in [0.5, 0.6) is 11.5 Å². The first-order valence-electron chi connectivity index (χ1n) is 6.27. The van der Waals surface area contributed by atoms with Crippen molar-refractivity contribution in [3.63, 3.8) is 0 Å². The van der Waals surface area contributed by atoms with E-state index in [0.29, 0.717) is 0 Å². The van der Waals surface area contributed by atoms with Gasteiger partial charge >= 0.3 is 11.9 Å². The van der Waals surface area contributed by atoms with Crippen LogP contribution in [0.25, 0.3) is 0 Å². The van der Waals surface area contributed by atoms with Crippen LogP contribution < -0.4 is 4.72 Å². The molecule has 0 unspecified atom stereocenters. The van der Waals surface area contributed by atoms with Gasteiger partial charge in [0.15, 0.2) is 0 Å². The van der Waals surface area contributed by atoms with Gasteiger partial charge in [-0.25, -0.2) is 18.0 Å². The summed E-state index contributed by atoms with van der Waals surface area (Å²) < 4.78 is 26.5. The second-order valence-corrected chi connectivity index (χ2v) is 6.31. The van der Waals surface area contributed by atoms with Crippen LogP contribution in [0.15, 0.2) is 41.3 Å². The molecule has 2 rings (SSSR count). The van der Waals surface area contributed by atoms with Gasteiger partial charge in [-0.15, -0.1) is 0 Å². The number of sulfonamides is 1. The van der Waals surface area contributed by atoms with Gasteiger partial charge in [-0.05, 0) is 30.3 Å². The Hall–Kier alpha value is -3.27. The third kappa shape index (κ3) is 3.38. The number of phenols is 2. The second kappa shape index (κ2) is 6.08. The van der Waals surface area contributed by atoms with Gasteiger partial charge in [-0.1, -0.05) is 0 Å². The van der Waals surface area contributed by atoms with Crippen molar-refractivity contribution in [2.75, 3.05) is 4.72 Å².